The zero-order valence-corrected chi connectivity index (χ0v) is 7.84. The van der Waals surface area contributed by atoms with Crippen LogP contribution >= 0.6 is 11.6 Å². The molecule has 72 valence electrons. The highest BCUT2D eigenvalue weighted by Crippen LogP contribution is 2.26. The lowest BCUT2D eigenvalue weighted by molar-refractivity contribution is 0.0928. The summed E-state index contributed by atoms with van der Waals surface area (Å²) in [6.07, 6.45) is 0. The second kappa shape index (κ2) is 3.32. The number of benzene rings is 1. The molecular formula is C9H7ClN2O2. The minimum Gasteiger partial charge on any atom is -0.449 e. The maximum Gasteiger partial charge on any atom is 0.300 e. The summed E-state index contributed by atoms with van der Waals surface area (Å²) < 4.78 is 5.23. The topological polar surface area (TPSA) is 68.3 Å². The summed E-state index contributed by atoms with van der Waals surface area (Å²) in [5, 5.41) is 1.25. The molecule has 0 saturated heterocycles. The zero-order valence-electron chi connectivity index (χ0n) is 7.08. The summed E-state index contributed by atoms with van der Waals surface area (Å²) in [5.41, 5.74) is 2.48. The molecule has 5 heteroatoms. The Balaban J connectivity index is 2.62. The van der Waals surface area contributed by atoms with Gasteiger partial charge in [0.2, 0.25) is 0 Å². The second-order valence-electron chi connectivity index (χ2n) is 2.74. The molecule has 0 aliphatic carbocycles. The van der Waals surface area contributed by atoms with Gasteiger partial charge in [0, 0.05) is 5.39 Å². The minimum absolute atomic E-state index is 0.149. The molecule has 0 unspecified atom stereocenters. The van der Waals surface area contributed by atoms with Crippen LogP contribution in [0.5, 0.6) is 0 Å². The number of nitrogens with two attached hydrogens (primary N) is 1. The highest BCUT2D eigenvalue weighted by atomic mass is 35.5. The number of fused-ring (bicyclic) bond motifs is 1. The van der Waals surface area contributed by atoms with Crippen molar-refractivity contribution < 1.29 is 9.21 Å². The van der Waals surface area contributed by atoms with Gasteiger partial charge in [-0.25, -0.2) is 5.84 Å². The van der Waals surface area contributed by atoms with Gasteiger partial charge in [0.25, 0.3) is 0 Å². The molecular weight excluding hydrogens is 204 g/mol. The average Bonchev–Trinajstić information content (AvgIpc) is 2.62. The molecule has 2 aromatic rings. The van der Waals surface area contributed by atoms with Crippen molar-refractivity contribution in [1.29, 1.82) is 0 Å². The normalized spacial score (nSPS) is 10.4. The number of furan rings is 1. The monoisotopic (exact) mass is 210 g/mol. The van der Waals surface area contributed by atoms with Crippen molar-refractivity contribution in [1.82, 2.24) is 5.43 Å². The molecule has 3 N–H and O–H groups in total. The third-order valence-corrected chi connectivity index (χ3v) is 2.15. The van der Waals surface area contributed by atoms with E-state index in [-0.39, 0.29) is 5.76 Å². The number of hydrogen-bond acceptors (Lipinski definition) is 3. The van der Waals surface area contributed by atoms with Crippen LogP contribution in [0, 0.1) is 0 Å². The van der Waals surface area contributed by atoms with Gasteiger partial charge < -0.3 is 4.42 Å². The van der Waals surface area contributed by atoms with Crippen molar-refractivity contribution in [2.24, 2.45) is 5.84 Å². The molecule has 0 radical (unpaired) electrons. The first kappa shape index (κ1) is 9.05. The van der Waals surface area contributed by atoms with Crippen LogP contribution < -0.4 is 11.3 Å². The van der Waals surface area contributed by atoms with Crippen molar-refractivity contribution in [2.75, 3.05) is 0 Å². The lowest BCUT2D eigenvalue weighted by atomic mass is 10.2. The molecule has 1 aromatic heterocycles. The van der Waals surface area contributed by atoms with Gasteiger partial charge in [-0.15, -0.1) is 0 Å². The van der Waals surface area contributed by atoms with Gasteiger partial charge in [-0.2, -0.15) is 0 Å². The summed E-state index contributed by atoms with van der Waals surface area (Å²) in [5.74, 6) is 4.65. The van der Waals surface area contributed by atoms with Gasteiger partial charge in [-0.05, 0) is 12.1 Å². The standard InChI is InChI=1S/C9H7ClN2O2/c10-6-3-1-2-5-4-7(9(13)12-11)14-8(5)6/h1-4H,11H2,(H,12,13). The van der Waals surface area contributed by atoms with E-state index in [1.807, 2.05) is 5.43 Å². The number of nitrogen functional groups attached to an aromatic ring is 1. The SMILES string of the molecule is NNC(=O)c1cc2cccc(Cl)c2o1. The molecule has 0 saturated carbocycles. The Bertz CT molecular complexity index is 493. The van der Waals surface area contributed by atoms with E-state index in [0.29, 0.717) is 10.6 Å². The van der Waals surface area contributed by atoms with Crippen molar-refractivity contribution in [3.05, 3.63) is 35.0 Å². The Morgan fingerprint density at radius 1 is 1.50 bits per heavy atom. The van der Waals surface area contributed by atoms with E-state index in [4.69, 9.17) is 21.9 Å². The largest absolute Gasteiger partial charge is 0.449 e. The lowest BCUT2D eigenvalue weighted by Gasteiger charge is -1.92. The Morgan fingerprint density at radius 3 is 2.93 bits per heavy atom. The van der Waals surface area contributed by atoms with Crippen LogP contribution in [0.2, 0.25) is 5.02 Å². The van der Waals surface area contributed by atoms with E-state index in [9.17, 15) is 4.79 Å². The number of para-hydroxylation sites is 1. The summed E-state index contributed by atoms with van der Waals surface area (Å²) in [6.45, 7) is 0. The second-order valence-corrected chi connectivity index (χ2v) is 3.15. The van der Waals surface area contributed by atoms with Crippen molar-refractivity contribution in [3.63, 3.8) is 0 Å². The number of amides is 1. The molecule has 0 fully saturated rings. The van der Waals surface area contributed by atoms with Crippen LogP contribution in [-0.2, 0) is 0 Å². The van der Waals surface area contributed by atoms with Crippen molar-refractivity contribution in [2.45, 2.75) is 0 Å². The van der Waals surface area contributed by atoms with Crippen LogP contribution in [-0.4, -0.2) is 5.91 Å². The Kier molecular flexibility index (Phi) is 2.15. The van der Waals surface area contributed by atoms with E-state index in [0.717, 1.165) is 5.39 Å². The first-order valence-corrected chi connectivity index (χ1v) is 4.29. The van der Waals surface area contributed by atoms with Crippen molar-refractivity contribution >= 4 is 28.5 Å². The molecule has 0 aliphatic rings. The van der Waals surface area contributed by atoms with Crippen LogP contribution in [0.3, 0.4) is 0 Å². The molecule has 4 nitrogen and oxygen atoms in total. The third kappa shape index (κ3) is 1.34. The van der Waals surface area contributed by atoms with E-state index in [1.165, 1.54) is 0 Å². The van der Waals surface area contributed by atoms with Gasteiger partial charge >= 0.3 is 5.91 Å². The molecule has 0 aliphatic heterocycles. The molecule has 1 aromatic carbocycles. The molecule has 2 rings (SSSR count). The zero-order chi connectivity index (χ0) is 10.1. The number of halogens is 1. The van der Waals surface area contributed by atoms with Crippen molar-refractivity contribution in [3.8, 4) is 0 Å². The van der Waals surface area contributed by atoms with E-state index in [1.54, 1.807) is 24.3 Å². The fourth-order valence-electron chi connectivity index (χ4n) is 1.21. The van der Waals surface area contributed by atoms with Crippen LogP contribution in [0.15, 0.2) is 28.7 Å². The van der Waals surface area contributed by atoms with E-state index >= 15 is 0 Å². The predicted octanol–water partition coefficient (Wildman–Crippen LogP) is 1.69. The fraction of sp³-hybridized carbons (Fsp3) is 0. The smallest absolute Gasteiger partial charge is 0.300 e. The van der Waals surface area contributed by atoms with Gasteiger partial charge in [-0.3, -0.25) is 10.2 Å². The number of hydrogen-bond donors (Lipinski definition) is 2. The average molecular weight is 211 g/mol. The molecule has 1 heterocycles. The van der Waals surface area contributed by atoms with E-state index < -0.39 is 5.91 Å². The number of nitrogens with one attached hydrogen (secondary N) is 1. The first-order valence-electron chi connectivity index (χ1n) is 3.91. The summed E-state index contributed by atoms with van der Waals surface area (Å²) in [4.78, 5) is 11.1. The molecule has 0 spiro atoms. The molecule has 0 bridgehead atoms. The Morgan fingerprint density at radius 2 is 2.29 bits per heavy atom. The summed E-state index contributed by atoms with van der Waals surface area (Å²) >= 11 is 5.86. The van der Waals surface area contributed by atoms with Gasteiger partial charge in [0.15, 0.2) is 11.3 Å². The number of rotatable bonds is 1. The third-order valence-electron chi connectivity index (χ3n) is 1.85. The highest BCUT2D eigenvalue weighted by Gasteiger charge is 2.11. The Labute approximate surface area is 84.6 Å². The minimum atomic E-state index is -0.475. The Hall–Kier alpha value is -1.52. The number of hydrazine groups is 1. The van der Waals surface area contributed by atoms with E-state index in [2.05, 4.69) is 0 Å². The van der Waals surface area contributed by atoms with Crippen LogP contribution in [0.25, 0.3) is 11.0 Å². The fourth-order valence-corrected chi connectivity index (χ4v) is 1.43. The molecule has 1 amide bonds. The highest BCUT2D eigenvalue weighted by molar-refractivity contribution is 6.34. The molecule has 0 atom stereocenters. The maximum atomic E-state index is 11.1. The predicted molar refractivity (Wildman–Crippen MR) is 52.9 cm³/mol. The maximum absolute atomic E-state index is 11.1. The number of carbonyl (C=O) groups excluding carboxylic acids is 1. The number of carbonyl (C=O) groups is 1. The van der Waals surface area contributed by atoms with Gasteiger partial charge in [0.05, 0.1) is 5.02 Å². The summed E-state index contributed by atoms with van der Waals surface area (Å²) in [7, 11) is 0. The van der Waals surface area contributed by atoms with Gasteiger partial charge in [0.1, 0.15) is 0 Å². The van der Waals surface area contributed by atoms with Gasteiger partial charge in [-0.1, -0.05) is 23.7 Å². The quantitative estimate of drug-likeness (QED) is 0.428. The molecule has 14 heavy (non-hydrogen) atoms. The first-order chi connectivity index (χ1) is 6.72. The van der Waals surface area contributed by atoms with Crippen LogP contribution in [0.4, 0.5) is 0 Å². The van der Waals surface area contributed by atoms with Crippen LogP contribution in [0.1, 0.15) is 10.6 Å². The lowest BCUT2D eigenvalue weighted by Crippen LogP contribution is -2.29. The summed E-state index contributed by atoms with van der Waals surface area (Å²) in [6, 6.07) is 6.86.